The van der Waals surface area contributed by atoms with E-state index in [2.05, 4.69) is 15.5 Å². The van der Waals surface area contributed by atoms with Crippen molar-refractivity contribution in [1.29, 1.82) is 0 Å². The van der Waals surface area contributed by atoms with Crippen LogP contribution in [-0.2, 0) is 16.8 Å². The smallest absolute Gasteiger partial charge is 0.344 e. The van der Waals surface area contributed by atoms with Gasteiger partial charge >= 0.3 is 11.4 Å². The molecule has 0 unspecified atom stereocenters. The minimum atomic E-state index is -0.649. The second kappa shape index (κ2) is 6.46. The first-order valence-corrected chi connectivity index (χ1v) is 7.90. The second-order valence-corrected chi connectivity index (χ2v) is 6.22. The number of rotatable bonds is 5. The monoisotopic (exact) mass is 334 g/mol. The van der Waals surface area contributed by atoms with Gasteiger partial charge in [-0.15, -0.1) is 0 Å². The van der Waals surface area contributed by atoms with Crippen LogP contribution in [0.15, 0.2) is 33.9 Å². The number of carbonyl (C=O) groups excluding carboxylic acids is 1. The molecule has 1 aromatic heterocycles. The van der Waals surface area contributed by atoms with Gasteiger partial charge in [-0.25, -0.2) is 28.7 Å². The SMILES string of the molecule is O=C(Cn1c(=O)[nH][nH]c1=O)NCC1(c2ccc(F)cc2)CCCC1. The van der Waals surface area contributed by atoms with Crippen molar-refractivity contribution in [2.24, 2.45) is 0 Å². The van der Waals surface area contributed by atoms with E-state index in [4.69, 9.17) is 0 Å². The lowest BCUT2D eigenvalue weighted by Crippen LogP contribution is -2.42. The quantitative estimate of drug-likeness (QED) is 0.748. The van der Waals surface area contributed by atoms with Gasteiger partial charge in [0.2, 0.25) is 5.91 Å². The summed E-state index contributed by atoms with van der Waals surface area (Å²) in [6.45, 7) is 0.0612. The van der Waals surface area contributed by atoms with E-state index in [0.29, 0.717) is 6.54 Å². The zero-order chi connectivity index (χ0) is 17.2. The molecule has 1 aromatic carbocycles. The molecule has 1 fully saturated rings. The summed E-state index contributed by atoms with van der Waals surface area (Å²) in [6, 6.07) is 6.37. The molecule has 128 valence electrons. The Kier molecular flexibility index (Phi) is 4.37. The third-order valence-corrected chi connectivity index (χ3v) is 4.71. The molecule has 0 bridgehead atoms. The van der Waals surface area contributed by atoms with Crippen molar-refractivity contribution >= 4 is 5.91 Å². The molecule has 0 aliphatic heterocycles. The van der Waals surface area contributed by atoms with Gasteiger partial charge in [0.1, 0.15) is 12.4 Å². The highest BCUT2D eigenvalue weighted by Crippen LogP contribution is 2.40. The Hall–Kier alpha value is -2.64. The van der Waals surface area contributed by atoms with Gasteiger partial charge in [0.25, 0.3) is 0 Å². The van der Waals surface area contributed by atoms with Gasteiger partial charge in [0, 0.05) is 12.0 Å². The van der Waals surface area contributed by atoms with Crippen LogP contribution in [0.2, 0.25) is 0 Å². The second-order valence-electron chi connectivity index (χ2n) is 6.22. The average Bonchev–Trinajstić information content (AvgIpc) is 3.17. The summed E-state index contributed by atoms with van der Waals surface area (Å²) in [4.78, 5) is 34.9. The topological polar surface area (TPSA) is 99.8 Å². The van der Waals surface area contributed by atoms with Crippen LogP contribution < -0.4 is 16.7 Å². The van der Waals surface area contributed by atoms with Gasteiger partial charge in [-0.3, -0.25) is 4.79 Å². The molecule has 0 radical (unpaired) electrons. The Morgan fingerprint density at radius 1 is 1.12 bits per heavy atom. The number of carbonyl (C=O) groups is 1. The number of H-pyrrole nitrogens is 2. The van der Waals surface area contributed by atoms with E-state index in [1.807, 2.05) is 0 Å². The van der Waals surface area contributed by atoms with Crippen molar-refractivity contribution in [2.75, 3.05) is 6.54 Å². The lowest BCUT2D eigenvalue weighted by atomic mass is 9.79. The van der Waals surface area contributed by atoms with Crippen LogP contribution in [0.4, 0.5) is 4.39 Å². The third kappa shape index (κ3) is 3.17. The fourth-order valence-electron chi connectivity index (χ4n) is 3.37. The zero-order valence-electron chi connectivity index (χ0n) is 13.1. The van der Waals surface area contributed by atoms with E-state index in [1.165, 1.54) is 12.1 Å². The number of benzene rings is 1. The zero-order valence-corrected chi connectivity index (χ0v) is 13.1. The number of amides is 1. The summed E-state index contributed by atoms with van der Waals surface area (Å²) < 4.78 is 14.0. The van der Waals surface area contributed by atoms with Crippen LogP contribution in [0.5, 0.6) is 0 Å². The summed E-state index contributed by atoms with van der Waals surface area (Å²) in [5.74, 6) is -0.697. The first-order chi connectivity index (χ1) is 11.5. The number of hydrogen-bond acceptors (Lipinski definition) is 3. The fraction of sp³-hybridized carbons (Fsp3) is 0.438. The Bertz CT molecular complexity index is 800. The summed E-state index contributed by atoms with van der Waals surface area (Å²) in [6.07, 6.45) is 3.90. The maximum absolute atomic E-state index is 13.2. The molecule has 7 nitrogen and oxygen atoms in total. The average molecular weight is 334 g/mol. The summed E-state index contributed by atoms with van der Waals surface area (Å²) in [5, 5.41) is 7.08. The normalized spacial score (nSPS) is 16.2. The van der Waals surface area contributed by atoms with E-state index >= 15 is 0 Å². The summed E-state index contributed by atoms with van der Waals surface area (Å²) >= 11 is 0. The number of nitrogens with zero attached hydrogens (tertiary/aromatic N) is 1. The van der Waals surface area contributed by atoms with Crippen molar-refractivity contribution in [3.8, 4) is 0 Å². The van der Waals surface area contributed by atoms with Gasteiger partial charge < -0.3 is 5.32 Å². The van der Waals surface area contributed by atoms with Gasteiger partial charge in [-0.1, -0.05) is 25.0 Å². The minimum absolute atomic E-state index is 0.223. The summed E-state index contributed by atoms with van der Waals surface area (Å²) in [5.41, 5.74) is -0.523. The highest BCUT2D eigenvalue weighted by molar-refractivity contribution is 5.75. The molecule has 0 saturated heterocycles. The van der Waals surface area contributed by atoms with Crippen LogP contribution in [0.3, 0.4) is 0 Å². The Labute approximate surface area is 136 Å². The molecular weight excluding hydrogens is 315 g/mol. The van der Waals surface area contributed by atoms with Crippen molar-refractivity contribution in [1.82, 2.24) is 20.1 Å². The number of halogens is 1. The first kappa shape index (κ1) is 16.2. The number of nitrogens with one attached hydrogen (secondary N) is 3. The third-order valence-electron chi connectivity index (χ3n) is 4.71. The van der Waals surface area contributed by atoms with Crippen molar-refractivity contribution in [3.63, 3.8) is 0 Å². The van der Waals surface area contributed by atoms with Crippen LogP contribution in [0.25, 0.3) is 0 Å². The Balaban J connectivity index is 1.70. The fourth-order valence-corrected chi connectivity index (χ4v) is 3.37. The maximum Gasteiger partial charge on any atom is 0.344 e. The van der Waals surface area contributed by atoms with E-state index in [1.54, 1.807) is 12.1 Å². The Morgan fingerprint density at radius 2 is 1.71 bits per heavy atom. The standard InChI is InChI=1S/C16H19FN4O3/c17-12-5-3-11(4-6-12)16(7-1-2-8-16)10-18-13(22)9-21-14(23)19-20-15(21)24/h3-6H,1-2,7-10H2,(H,18,22)(H,19,23)(H,20,24). The van der Waals surface area contributed by atoms with Crippen LogP contribution in [0.1, 0.15) is 31.2 Å². The largest absolute Gasteiger partial charge is 0.354 e. The molecule has 8 heteroatoms. The van der Waals surface area contributed by atoms with Gasteiger partial charge in [-0.05, 0) is 30.5 Å². The van der Waals surface area contributed by atoms with Crippen LogP contribution >= 0.6 is 0 Å². The molecule has 1 heterocycles. The molecule has 1 saturated carbocycles. The van der Waals surface area contributed by atoms with E-state index in [-0.39, 0.29) is 17.8 Å². The lowest BCUT2D eigenvalue weighted by Gasteiger charge is -2.30. The highest BCUT2D eigenvalue weighted by Gasteiger charge is 2.35. The van der Waals surface area contributed by atoms with Crippen molar-refractivity contribution in [3.05, 3.63) is 56.6 Å². The van der Waals surface area contributed by atoms with Gasteiger partial charge in [0.05, 0.1) is 0 Å². The van der Waals surface area contributed by atoms with E-state index in [0.717, 1.165) is 35.8 Å². The molecule has 2 aromatic rings. The van der Waals surface area contributed by atoms with E-state index in [9.17, 15) is 18.8 Å². The minimum Gasteiger partial charge on any atom is -0.354 e. The molecule has 1 aliphatic rings. The van der Waals surface area contributed by atoms with Crippen LogP contribution in [0, 0.1) is 5.82 Å². The maximum atomic E-state index is 13.2. The predicted octanol–water partition coefficient (Wildman–Crippen LogP) is 0.632. The number of aromatic amines is 2. The number of hydrogen-bond donors (Lipinski definition) is 3. The highest BCUT2D eigenvalue weighted by atomic mass is 19.1. The van der Waals surface area contributed by atoms with E-state index < -0.39 is 17.3 Å². The molecule has 1 amide bonds. The summed E-state index contributed by atoms with van der Waals surface area (Å²) in [7, 11) is 0. The molecular formula is C16H19FN4O3. The van der Waals surface area contributed by atoms with Gasteiger partial charge in [-0.2, -0.15) is 0 Å². The molecule has 1 aliphatic carbocycles. The molecule has 0 spiro atoms. The van der Waals surface area contributed by atoms with Crippen molar-refractivity contribution in [2.45, 2.75) is 37.6 Å². The molecule has 24 heavy (non-hydrogen) atoms. The molecule has 3 N–H and O–H groups in total. The lowest BCUT2D eigenvalue weighted by molar-refractivity contribution is -0.122. The Morgan fingerprint density at radius 3 is 2.29 bits per heavy atom. The predicted molar refractivity (Wildman–Crippen MR) is 85.2 cm³/mol. The molecule has 3 rings (SSSR count). The van der Waals surface area contributed by atoms with Crippen molar-refractivity contribution < 1.29 is 9.18 Å². The van der Waals surface area contributed by atoms with Crippen LogP contribution in [-0.4, -0.2) is 27.2 Å². The molecule has 0 atom stereocenters. The number of aromatic nitrogens is 3. The first-order valence-electron chi connectivity index (χ1n) is 7.90. The van der Waals surface area contributed by atoms with Gasteiger partial charge in [0.15, 0.2) is 0 Å².